The fraction of sp³-hybridized carbons (Fsp3) is 0.407. The Bertz CT molecular complexity index is 1140. The van der Waals surface area contributed by atoms with Crippen LogP contribution < -0.4 is 9.47 Å². The van der Waals surface area contributed by atoms with Crippen molar-refractivity contribution in [1.82, 2.24) is 15.1 Å². The summed E-state index contributed by atoms with van der Waals surface area (Å²) in [4.78, 5) is 15.4. The number of hydrogen-bond acceptors (Lipinski definition) is 4. The number of ether oxygens (including phenoxy) is 2. The number of nitrogens with one attached hydrogen (secondary N) is 1. The summed E-state index contributed by atoms with van der Waals surface area (Å²) in [5.74, 6) is 1.69. The summed E-state index contributed by atoms with van der Waals surface area (Å²) in [5, 5.41) is 8.20. The normalized spacial score (nSPS) is 15.2. The maximum absolute atomic E-state index is 13.4. The number of benzene rings is 2. The van der Waals surface area contributed by atoms with E-state index < -0.39 is 0 Å². The van der Waals surface area contributed by atoms with Gasteiger partial charge >= 0.3 is 0 Å². The summed E-state index contributed by atoms with van der Waals surface area (Å²) in [6.07, 6.45) is 2.04. The molecule has 1 aromatic heterocycles. The molecule has 0 bridgehead atoms. The largest absolute Gasteiger partial charge is 0.490 e. The van der Waals surface area contributed by atoms with E-state index in [2.05, 4.69) is 31.0 Å². The first-order valence-electron chi connectivity index (χ1n) is 12.0. The molecule has 1 aliphatic heterocycles. The van der Waals surface area contributed by atoms with E-state index >= 15 is 0 Å². The molecule has 2 aromatic carbocycles. The third kappa shape index (κ3) is 4.78. The molecule has 4 rings (SSSR count). The molecule has 7 heteroatoms. The number of nitrogens with zero attached hydrogens (tertiary/aromatic N) is 2. The molecule has 0 saturated carbocycles. The van der Waals surface area contributed by atoms with Crippen molar-refractivity contribution in [1.29, 1.82) is 0 Å². The number of carbonyl (C=O) groups is 1. The molecule has 6 nitrogen and oxygen atoms in total. The number of carbonyl (C=O) groups excluding carboxylic acids is 1. The van der Waals surface area contributed by atoms with Gasteiger partial charge in [0.25, 0.3) is 5.91 Å². The predicted molar refractivity (Wildman–Crippen MR) is 135 cm³/mol. The zero-order valence-electron chi connectivity index (χ0n) is 20.2. The van der Waals surface area contributed by atoms with Crippen LogP contribution in [0.25, 0.3) is 11.3 Å². The Labute approximate surface area is 206 Å². The van der Waals surface area contributed by atoms with Crippen LogP contribution in [-0.4, -0.2) is 40.8 Å². The molecule has 0 aliphatic carbocycles. The molecule has 0 saturated heterocycles. The van der Waals surface area contributed by atoms with E-state index in [1.165, 1.54) is 0 Å². The minimum atomic E-state index is -0.279. The molecule has 1 atom stereocenters. The standard InChI is InChI=1S/C27H32ClN3O3/c1-5-7-14-34-21-13-10-19(15-22(21)33-6-2)26-23-24(18-8-11-20(28)12-9-18)29-30-25(23)27(32)31(26)16-17(3)4/h8-13,15,17,26H,5-7,14,16H2,1-4H3,(H,29,30). The van der Waals surface area contributed by atoms with Crippen LogP contribution in [0.5, 0.6) is 11.5 Å². The summed E-state index contributed by atoms with van der Waals surface area (Å²) in [6.45, 7) is 10.1. The van der Waals surface area contributed by atoms with Gasteiger partial charge in [0, 0.05) is 22.7 Å². The first-order valence-corrected chi connectivity index (χ1v) is 12.4. The van der Waals surface area contributed by atoms with Crippen molar-refractivity contribution >= 4 is 17.5 Å². The molecule has 3 aromatic rings. The van der Waals surface area contributed by atoms with E-state index in [1.54, 1.807) is 0 Å². The number of halogens is 1. The highest BCUT2D eigenvalue weighted by Gasteiger charge is 2.42. The van der Waals surface area contributed by atoms with E-state index in [9.17, 15) is 4.79 Å². The number of unbranched alkanes of at least 4 members (excludes halogenated alkanes) is 1. The van der Waals surface area contributed by atoms with E-state index in [1.807, 2.05) is 54.3 Å². The monoisotopic (exact) mass is 481 g/mol. The van der Waals surface area contributed by atoms with E-state index in [0.29, 0.717) is 42.1 Å². The first-order chi connectivity index (χ1) is 16.4. The van der Waals surface area contributed by atoms with Crippen LogP contribution in [-0.2, 0) is 0 Å². The number of hydrogen-bond donors (Lipinski definition) is 1. The third-order valence-corrected chi connectivity index (χ3v) is 6.13. The molecule has 34 heavy (non-hydrogen) atoms. The van der Waals surface area contributed by atoms with Gasteiger partial charge in [0.2, 0.25) is 0 Å². The lowest BCUT2D eigenvalue weighted by Crippen LogP contribution is -2.32. The summed E-state index contributed by atoms with van der Waals surface area (Å²) in [7, 11) is 0. The first kappa shape index (κ1) is 24.1. The number of H-pyrrole nitrogens is 1. The average molecular weight is 482 g/mol. The smallest absolute Gasteiger partial charge is 0.273 e. The predicted octanol–water partition coefficient (Wildman–Crippen LogP) is 6.51. The van der Waals surface area contributed by atoms with Crippen LogP contribution in [0.1, 0.15) is 68.2 Å². The summed E-state index contributed by atoms with van der Waals surface area (Å²) in [6, 6.07) is 13.2. The molecule has 0 radical (unpaired) electrons. The Morgan fingerprint density at radius 3 is 2.53 bits per heavy atom. The van der Waals surface area contributed by atoms with Crippen LogP contribution in [0.15, 0.2) is 42.5 Å². The lowest BCUT2D eigenvalue weighted by Gasteiger charge is -2.28. The lowest BCUT2D eigenvalue weighted by molar-refractivity contribution is 0.0722. The highest BCUT2D eigenvalue weighted by atomic mass is 35.5. The second-order valence-corrected chi connectivity index (χ2v) is 9.40. The van der Waals surface area contributed by atoms with E-state index in [4.69, 9.17) is 21.1 Å². The lowest BCUT2D eigenvalue weighted by atomic mass is 9.95. The number of aromatic nitrogens is 2. The van der Waals surface area contributed by atoms with Crippen molar-refractivity contribution < 1.29 is 14.3 Å². The molecule has 180 valence electrons. The zero-order valence-corrected chi connectivity index (χ0v) is 21.0. The number of aromatic amines is 1. The maximum Gasteiger partial charge on any atom is 0.273 e. The quantitative estimate of drug-likeness (QED) is 0.335. The van der Waals surface area contributed by atoms with Gasteiger partial charge in [0.05, 0.1) is 24.9 Å². The summed E-state index contributed by atoms with van der Waals surface area (Å²) >= 11 is 6.11. The Balaban J connectivity index is 1.80. The molecule has 1 unspecified atom stereocenters. The minimum Gasteiger partial charge on any atom is -0.490 e. The highest BCUT2D eigenvalue weighted by Crippen LogP contribution is 2.45. The van der Waals surface area contributed by atoms with Crippen molar-refractivity contribution in [3.63, 3.8) is 0 Å². The molecule has 1 aliphatic rings. The molecule has 1 amide bonds. The van der Waals surface area contributed by atoms with Gasteiger partial charge in [-0.15, -0.1) is 0 Å². The fourth-order valence-corrected chi connectivity index (χ4v) is 4.49. The molecule has 0 spiro atoms. The Kier molecular flexibility index (Phi) is 7.47. The SMILES string of the molecule is CCCCOc1ccc(C2c3c(-c4ccc(Cl)cc4)n[nH]c3C(=O)N2CC(C)C)cc1OCC. The Morgan fingerprint density at radius 1 is 1.09 bits per heavy atom. The van der Waals surface area contributed by atoms with Crippen molar-refractivity contribution in [2.75, 3.05) is 19.8 Å². The van der Waals surface area contributed by atoms with Crippen molar-refractivity contribution in [2.45, 2.75) is 46.6 Å². The molecular weight excluding hydrogens is 450 g/mol. The van der Waals surface area contributed by atoms with Crippen LogP contribution in [0.2, 0.25) is 5.02 Å². The third-order valence-electron chi connectivity index (χ3n) is 5.88. The Hall–Kier alpha value is -2.99. The van der Waals surface area contributed by atoms with Gasteiger partial charge in [-0.05, 0) is 49.1 Å². The van der Waals surface area contributed by atoms with Gasteiger partial charge in [-0.1, -0.05) is 57.0 Å². The van der Waals surface area contributed by atoms with E-state index in [-0.39, 0.29) is 11.9 Å². The Morgan fingerprint density at radius 2 is 1.85 bits per heavy atom. The molecular formula is C27H32ClN3O3. The van der Waals surface area contributed by atoms with Gasteiger partial charge < -0.3 is 14.4 Å². The molecule has 2 heterocycles. The second kappa shape index (κ2) is 10.5. The van der Waals surface area contributed by atoms with Crippen LogP contribution in [0.3, 0.4) is 0 Å². The molecule has 0 fully saturated rings. The van der Waals surface area contributed by atoms with Crippen molar-refractivity contribution in [3.8, 4) is 22.8 Å². The van der Waals surface area contributed by atoms with Crippen molar-refractivity contribution in [3.05, 3.63) is 64.3 Å². The maximum atomic E-state index is 13.4. The number of amides is 1. The minimum absolute atomic E-state index is 0.0392. The van der Waals surface area contributed by atoms with Crippen LogP contribution >= 0.6 is 11.6 Å². The van der Waals surface area contributed by atoms with Gasteiger partial charge in [0.1, 0.15) is 5.69 Å². The van der Waals surface area contributed by atoms with E-state index in [0.717, 1.165) is 41.0 Å². The van der Waals surface area contributed by atoms with Crippen molar-refractivity contribution in [2.24, 2.45) is 5.92 Å². The van der Waals surface area contributed by atoms with Gasteiger partial charge in [0.15, 0.2) is 11.5 Å². The fourth-order valence-electron chi connectivity index (χ4n) is 4.36. The van der Waals surface area contributed by atoms with Gasteiger partial charge in [-0.2, -0.15) is 5.10 Å². The van der Waals surface area contributed by atoms with Crippen LogP contribution in [0.4, 0.5) is 0 Å². The average Bonchev–Trinajstić information content (AvgIpc) is 3.35. The number of fused-ring (bicyclic) bond motifs is 1. The zero-order chi connectivity index (χ0) is 24.2. The van der Waals surface area contributed by atoms with Gasteiger partial charge in [-0.3, -0.25) is 9.89 Å². The van der Waals surface area contributed by atoms with Gasteiger partial charge in [-0.25, -0.2) is 0 Å². The molecule has 1 N–H and O–H groups in total. The second-order valence-electron chi connectivity index (χ2n) is 8.96. The topological polar surface area (TPSA) is 67.5 Å². The number of rotatable bonds is 10. The summed E-state index contributed by atoms with van der Waals surface area (Å²) < 4.78 is 11.9. The highest BCUT2D eigenvalue weighted by molar-refractivity contribution is 6.30. The summed E-state index contributed by atoms with van der Waals surface area (Å²) in [5.41, 5.74) is 4.07. The van der Waals surface area contributed by atoms with Crippen LogP contribution in [0, 0.1) is 5.92 Å².